The van der Waals surface area contributed by atoms with E-state index in [0.717, 1.165) is 16.3 Å². The molecule has 0 radical (unpaired) electrons. The van der Waals surface area contributed by atoms with E-state index in [2.05, 4.69) is 20.1 Å². The molecule has 6 rings (SSSR count). The molecule has 3 saturated heterocycles. The van der Waals surface area contributed by atoms with Crippen LogP contribution in [-0.2, 0) is 14.4 Å². The van der Waals surface area contributed by atoms with Gasteiger partial charge in [-0.3, -0.25) is 14.4 Å². The number of likely N-dealkylation sites (N-methyl/N-ethyl adjacent to an activating group) is 1. The smallest absolute Gasteiger partial charge is 0.251 e. The van der Waals surface area contributed by atoms with Crippen LogP contribution >= 0.6 is 11.8 Å². The van der Waals surface area contributed by atoms with Crippen molar-refractivity contribution in [1.82, 2.24) is 9.80 Å². The number of thioether (sulfide) groups is 1. The van der Waals surface area contributed by atoms with Gasteiger partial charge in [0, 0.05) is 30.6 Å². The molecule has 6 atom stereocenters. The third-order valence-electron chi connectivity index (χ3n) is 9.81. The summed E-state index contributed by atoms with van der Waals surface area (Å²) in [7, 11) is 1.74. The Hall–Kier alpha value is -3.88. The van der Waals surface area contributed by atoms with Crippen molar-refractivity contribution in [2.24, 2.45) is 11.8 Å². The summed E-state index contributed by atoms with van der Waals surface area (Å²) < 4.78 is -1.32. The van der Waals surface area contributed by atoms with E-state index in [4.69, 9.17) is 0 Å². The van der Waals surface area contributed by atoms with Crippen LogP contribution in [0.3, 0.4) is 0 Å². The second-order valence-corrected chi connectivity index (χ2v) is 14.3. The maximum absolute atomic E-state index is 15.1. The van der Waals surface area contributed by atoms with E-state index in [0.29, 0.717) is 25.1 Å². The summed E-state index contributed by atoms with van der Waals surface area (Å²) in [4.78, 5) is 48.9. The Bertz CT molecular complexity index is 1630. The summed E-state index contributed by atoms with van der Waals surface area (Å²) in [6.45, 7) is 10.1. The first-order chi connectivity index (χ1) is 21.2. The van der Waals surface area contributed by atoms with Gasteiger partial charge in [-0.15, -0.1) is 24.9 Å². The molecule has 3 heterocycles. The van der Waals surface area contributed by atoms with Crippen molar-refractivity contribution in [3.63, 3.8) is 0 Å². The van der Waals surface area contributed by atoms with E-state index in [1.54, 1.807) is 45.7 Å². The van der Waals surface area contributed by atoms with Gasteiger partial charge in [0.25, 0.3) is 5.91 Å². The summed E-state index contributed by atoms with van der Waals surface area (Å²) >= 11 is 1.63. The predicted molar refractivity (Wildman–Crippen MR) is 176 cm³/mol. The minimum absolute atomic E-state index is 0.106. The van der Waals surface area contributed by atoms with Crippen LogP contribution in [0.1, 0.15) is 31.4 Å². The highest BCUT2D eigenvalue weighted by Crippen LogP contribution is 2.72. The molecule has 7 nitrogen and oxygen atoms in total. The van der Waals surface area contributed by atoms with E-state index in [1.807, 2.05) is 72.8 Å². The Morgan fingerprint density at radius 1 is 1.00 bits per heavy atom. The molecule has 8 heteroatoms. The summed E-state index contributed by atoms with van der Waals surface area (Å²) in [6, 6.07) is 21.6. The van der Waals surface area contributed by atoms with Gasteiger partial charge in [-0.2, -0.15) is 0 Å². The first kappa shape index (κ1) is 30.2. The zero-order valence-electron chi connectivity index (χ0n) is 25.3. The molecule has 0 aromatic heterocycles. The third-order valence-corrected chi connectivity index (χ3v) is 11.8. The van der Waals surface area contributed by atoms with Crippen LogP contribution < -0.4 is 4.90 Å². The van der Waals surface area contributed by atoms with Crippen LogP contribution in [0.15, 0.2) is 98.1 Å². The second-order valence-electron chi connectivity index (χ2n) is 12.4. The number of hydrogen-bond donors (Lipinski definition) is 1. The fraction of sp³-hybridized carbons (Fsp3) is 0.361. The number of aliphatic hydroxyl groups is 1. The Labute approximate surface area is 263 Å². The molecule has 0 saturated carbocycles. The van der Waals surface area contributed by atoms with E-state index in [-0.39, 0.29) is 30.9 Å². The molecule has 1 spiro atoms. The van der Waals surface area contributed by atoms with Crippen molar-refractivity contribution in [1.29, 1.82) is 0 Å². The summed E-state index contributed by atoms with van der Waals surface area (Å²) in [5.41, 5.74) is 1.46. The van der Waals surface area contributed by atoms with Crippen LogP contribution in [0.5, 0.6) is 0 Å². The van der Waals surface area contributed by atoms with Crippen molar-refractivity contribution < 1.29 is 19.5 Å². The van der Waals surface area contributed by atoms with Crippen molar-refractivity contribution in [3.05, 3.63) is 104 Å². The Morgan fingerprint density at radius 2 is 1.68 bits per heavy atom. The SMILES string of the molecule is C=CCN(C)C(=O)[C@H]1[C@H]2C(=O)N([C@H](CO)c3ccccc3)C(C(=O)N(CC=C)c3ccc4ccccc4c3)C23CC[C@]1(C)S3. The molecular formula is C36H39N3O4S. The topological polar surface area (TPSA) is 81.2 Å². The van der Waals surface area contributed by atoms with Gasteiger partial charge in [0.15, 0.2) is 0 Å². The maximum atomic E-state index is 15.1. The number of benzene rings is 3. The van der Waals surface area contributed by atoms with Crippen molar-refractivity contribution in [2.45, 2.75) is 41.3 Å². The molecule has 2 unspecified atom stereocenters. The van der Waals surface area contributed by atoms with Crippen LogP contribution in [-0.4, -0.2) is 74.9 Å². The number of aliphatic hydroxyl groups excluding tert-OH is 1. The molecule has 3 fully saturated rings. The van der Waals surface area contributed by atoms with E-state index < -0.39 is 33.4 Å². The number of fused-ring (bicyclic) bond motifs is 2. The van der Waals surface area contributed by atoms with Gasteiger partial charge in [-0.05, 0) is 48.2 Å². The molecule has 2 bridgehead atoms. The van der Waals surface area contributed by atoms with Gasteiger partial charge in [0.1, 0.15) is 6.04 Å². The molecule has 228 valence electrons. The van der Waals surface area contributed by atoms with Crippen LogP contribution in [0.25, 0.3) is 10.8 Å². The lowest BCUT2D eigenvalue weighted by atomic mass is 9.66. The molecule has 44 heavy (non-hydrogen) atoms. The maximum Gasteiger partial charge on any atom is 0.251 e. The van der Waals surface area contributed by atoms with Crippen molar-refractivity contribution in [2.75, 3.05) is 31.6 Å². The molecule has 3 aliphatic rings. The molecular weight excluding hydrogens is 570 g/mol. The lowest BCUT2D eigenvalue weighted by molar-refractivity contribution is -0.146. The highest BCUT2D eigenvalue weighted by molar-refractivity contribution is 8.02. The molecule has 0 aliphatic carbocycles. The zero-order valence-corrected chi connectivity index (χ0v) is 26.1. The Kier molecular flexibility index (Phi) is 7.92. The standard InChI is InChI=1S/C36H39N3O4S/c1-5-20-37(4)32(41)29-30-33(42)39(28(23-40)25-13-8-7-9-14-25)31(36(30)19-18-35(29,3)44-36)34(43)38(21-6-2)27-17-16-24-12-10-11-15-26(24)22-27/h5-17,22,28-31,40H,1-2,18-21,23H2,3-4H3/t28-,29-,30+,31?,35+,36?/m1/s1. The average Bonchev–Trinajstić information content (AvgIpc) is 3.61. The predicted octanol–water partition coefficient (Wildman–Crippen LogP) is 5.22. The summed E-state index contributed by atoms with van der Waals surface area (Å²) in [6.07, 6.45) is 4.71. The van der Waals surface area contributed by atoms with Gasteiger partial charge >= 0.3 is 0 Å². The summed E-state index contributed by atoms with van der Waals surface area (Å²) in [5, 5.41) is 12.9. The number of likely N-dealkylation sites (tertiary alicyclic amines) is 1. The molecule has 3 aliphatic heterocycles. The zero-order chi connectivity index (χ0) is 31.2. The number of carbonyl (C=O) groups is 3. The van der Waals surface area contributed by atoms with E-state index in [9.17, 15) is 14.7 Å². The summed E-state index contributed by atoms with van der Waals surface area (Å²) in [5.74, 6) is -1.87. The van der Waals surface area contributed by atoms with Crippen LogP contribution in [0.2, 0.25) is 0 Å². The van der Waals surface area contributed by atoms with E-state index >= 15 is 4.79 Å². The quantitative estimate of drug-likeness (QED) is 0.319. The average molecular weight is 610 g/mol. The number of nitrogens with zero attached hydrogens (tertiary/aromatic N) is 3. The van der Waals surface area contributed by atoms with Crippen LogP contribution in [0, 0.1) is 11.8 Å². The number of anilines is 1. The lowest BCUT2D eigenvalue weighted by Crippen LogP contribution is -2.56. The van der Waals surface area contributed by atoms with Crippen molar-refractivity contribution >= 4 is 45.9 Å². The van der Waals surface area contributed by atoms with Gasteiger partial charge < -0.3 is 19.8 Å². The number of hydrogen-bond acceptors (Lipinski definition) is 5. The fourth-order valence-corrected chi connectivity index (χ4v) is 10.2. The second kappa shape index (κ2) is 11.6. The van der Waals surface area contributed by atoms with Gasteiger partial charge in [-0.1, -0.05) is 72.8 Å². The minimum atomic E-state index is -0.891. The Balaban J connectivity index is 1.50. The molecule has 1 N–H and O–H groups in total. The monoisotopic (exact) mass is 609 g/mol. The van der Waals surface area contributed by atoms with Crippen LogP contribution in [0.4, 0.5) is 5.69 Å². The lowest BCUT2D eigenvalue weighted by Gasteiger charge is -2.39. The van der Waals surface area contributed by atoms with Gasteiger partial charge in [-0.25, -0.2) is 0 Å². The van der Waals surface area contributed by atoms with E-state index in [1.165, 1.54) is 0 Å². The van der Waals surface area contributed by atoms with Gasteiger partial charge in [0.2, 0.25) is 11.8 Å². The molecule has 3 amide bonds. The fourth-order valence-electron chi connectivity index (χ4n) is 7.85. The molecule has 3 aromatic rings. The number of carbonyl (C=O) groups excluding carboxylic acids is 3. The number of amides is 3. The largest absolute Gasteiger partial charge is 0.394 e. The first-order valence-electron chi connectivity index (χ1n) is 15.2. The molecule has 3 aromatic carbocycles. The highest BCUT2D eigenvalue weighted by atomic mass is 32.2. The first-order valence-corrected chi connectivity index (χ1v) is 16.0. The Morgan fingerprint density at radius 3 is 2.36 bits per heavy atom. The normalized spacial score (nSPS) is 27.7. The third kappa shape index (κ3) is 4.58. The van der Waals surface area contributed by atoms with Crippen molar-refractivity contribution in [3.8, 4) is 0 Å². The number of rotatable bonds is 10. The van der Waals surface area contributed by atoms with Gasteiger partial charge in [0.05, 0.1) is 29.2 Å². The highest BCUT2D eigenvalue weighted by Gasteiger charge is 2.78. The minimum Gasteiger partial charge on any atom is -0.394 e.